The van der Waals surface area contributed by atoms with E-state index in [0.717, 1.165) is 52.4 Å². The molecule has 0 aliphatic rings. The van der Waals surface area contributed by atoms with Crippen molar-refractivity contribution in [3.05, 3.63) is 0 Å². The molecule has 0 bridgehead atoms. The number of unbranched alkanes of at least 4 members (excludes halogenated alkanes) is 4. The van der Waals surface area contributed by atoms with E-state index in [2.05, 4.69) is 21.3 Å². The Hall–Kier alpha value is -1.22. The van der Waals surface area contributed by atoms with Gasteiger partial charge in [-0.1, -0.05) is 19.3 Å². The van der Waals surface area contributed by atoms with E-state index in [1.807, 2.05) is 0 Å². The number of aliphatic carboxylic acids is 2. The molecule has 8 nitrogen and oxygen atoms in total. The SMILES string of the molecule is O=C(O)CCCNCCNCCCCCCCNCCNCCCC(=O)O. The maximum absolute atomic E-state index is 10.3. The topological polar surface area (TPSA) is 123 Å². The molecule has 8 heteroatoms. The minimum absolute atomic E-state index is 0.238. The van der Waals surface area contributed by atoms with Gasteiger partial charge < -0.3 is 31.5 Å². The molecule has 0 aromatic rings. The highest BCUT2D eigenvalue weighted by Gasteiger charge is 1.97. The van der Waals surface area contributed by atoms with Gasteiger partial charge in [0.1, 0.15) is 0 Å². The molecule has 160 valence electrons. The summed E-state index contributed by atoms with van der Waals surface area (Å²) in [5, 5.41) is 30.3. The first-order valence-corrected chi connectivity index (χ1v) is 10.4. The van der Waals surface area contributed by atoms with Crippen molar-refractivity contribution in [1.29, 1.82) is 0 Å². The summed E-state index contributed by atoms with van der Waals surface area (Å²) in [6.45, 7) is 7.26. The van der Waals surface area contributed by atoms with Crippen molar-refractivity contribution in [3.8, 4) is 0 Å². The fourth-order valence-corrected chi connectivity index (χ4v) is 2.61. The Morgan fingerprint density at radius 1 is 0.444 bits per heavy atom. The number of carbonyl (C=O) groups is 2. The zero-order valence-electron chi connectivity index (χ0n) is 16.7. The van der Waals surface area contributed by atoms with Crippen LogP contribution in [0.1, 0.15) is 57.8 Å². The van der Waals surface area contributed by atoms with Crippen LogP contribution in [0.25, 0.3) is 0 Å². The Bertz CT molecular complexity index is 325. The Kier molecular flexibility index (Phi) is 20.1. The third kappa shape index (κ3) is 24.8. The molecule has 0 saturated carbocycles. The minimum Gasteiger partial charge on any atom is -0.481 e. The first-order valence-electron chi connectivity index (χ1n) is 10.4. The number of nitrogens with one attached hydrogen (secondary N) is 4. The van der Waals surface area contributed by atoms with Crippen LogP contribution in [-0.4, -0.2) is 74.5 Å². The van der Waals surface area contributed by atoms with E-state index in [9.17, 15) is 9.59 Å². The molecule has 0 fully saturated rings. The van der Waals surface area contributed by atoms with Gasteiger partial charge in [-0.25, -0.2) is 0 Å². The number of rotatable bonds is 22. The molecule has 0 saturated heterocycles. The molecule has 27 heavy (non-hydrogen) atoms. The summed E-state index contributed by atoms with van der Waals surface area (Å²) in [5.41, 5.74) is 0. The summed E-state index contributed by atoms with van der Waals surface area (Å²) in [4.78, 5) is 20.7. The smallest absolute Gasteiger partial charge is 0.303 e. The molecule has 0 aromatic heterocycles. The van der Waals surface area contributed by atoms with E-state index in [-0.39, 0.29) is 12.8 Å². The van der Waals surface area contributed by atoms with Crippen LogP contribution in [0.3, 0.4) is 0 Å². The molecule has 0 rings (SSSR count). The number of hydrogen-bond acceptors (Lipinski definition) is 6. The normalized spacial score (nSPS) is 11.0. The van der Waals surface area contributed by atoms with Crippen molar-refractivity contribution in [2.24, 2.45) is 0 Å². The predicted molar refractivity (Wildman–Crippen MR) is 108 cm³/mol. The molecular weight excluding hydrogens is 348 g/mol. The second-order valence-corrected chi connectivity index (χ2v) is 6.76. The van der Waals surface area contributed by atoms with Crippen LogP contribution in [0.4, 0.5) is 0 Å². The quantitative estimate of drug-likeness (QED) is 0.152. The van der Waals surface area contributed by atoms with Gasteiger partial charge in [-0.2, -0.15) is 0 Å². The van der Waals surface area contributed by atoms with Gasteiger partial charge in [0.05, 0.1) is 0 Å². The second kappa shape index (κ2) is 21.1. The fourth-order valence-electron chi connectivity index (χ4n) is 2.61. The van der Waals surface area contributed by atoms with Crippen molar-refractivity contribution >= 4 is 11.9 Å². The minimum atomic E-state index is -0.729. The molecule has 0 aromatic carbocycles. The van der Waals surface area contributed by atoms with Gasteiger partial charge in [0.15, 0.2) is 0 Å². The van der Waals surface area contributed by atoms with Crippen molar-refractivity contribution in [3.63, 3.8) is 0 Å². The van der Waals surface area contributed by atoms with Crippen LogP contribution in [0, 0.1) is 0 Å². The van der Waals surface area contributed by atoms with Crippen LogP contribution < -0.4 is 21.3 Å². The molecule has 0 spiro atoms. The van der Waals surface area contributed by atoms with Gasteiger partial charge in [0.2, 0.25) is 0 Å². The van der Waals surface area contributed by atoms with E-state index in [1.165, 1.54) is 32.1 Å². The third-order valence-corrected chi connectivity index (χ3v) is 4.15. The lowest BCUT2D eigenvalue weighted by Gasteiger charge is -2.07. The highest BCUT2D eigenvalue weighted by Crippen LogP contribution is 2.01. The van der Waals surface area contributed by atoms with Gasteiger partial charge in [0.25, 0.3) is 0 Å². The van der Waals surface area contributed by atoms with E-state index in [0.29, 0.717) is 12.8 Å². The summed E-state index contributed by atoms with van der Waals surface area (Å²) < 4.78 is 0. The lowest BCUT2D eigenvalue weighted by molar-refractivity contribution is -0.138. The van der Waals surface area contributed by atoms with Crippen LogP contribution in [0.2, 0.25) is 0 Å². The summed E-state index contributed by atoms with van der Waals surface area (Å²) in [6, 6.07) is 0. The van der Waals surface area contributed by atoms with Crippen molar-refractivity contribution in [2.45, 2.75) is 57.8 Å². The maximum atomic E-state index is 10.3. The summed E-state index contributed by atoms with van der Waals surface area (Å²) in [7, 11) is 0. The third-order valence-electron chi connectivity index (χ3n) is 4.15. The molecule has 0 amide bonds. The van der Waals surface area contributed by atoms with E-state index < -0.39 is 11.9 Å². The lowest BCUT2D eigenvalue weighted by atomic mass is 10.1. The van der Waals surface area contributed by atoms with Crippen LogP contribution in [-0.2, 0) is 9.59 Å². The highest BCUT2D eigenvalue weighted by atomic mass is 16.4. The van der Waals surface area contributed by atoms with Gasteiger partial charge in [0, 0.05) is 39.0 Å². The Labute approximate surface area is 163 Å². The standard InChI is InChI=1S/C19H40N4O4/c24-18(25)8-6-12-22-16-14-20-10-4-2-1-3-5-11-21-15-17-23-13-7-9-19(26)27/h20-23H,1-17H2,(H,24,25)(H,26,27). The van der Waals surface area contributed by atoms with Crippen LogP contribution in [0.5, 0.6) is 0 Å². The molecule has 0 aliphatic heterocycles. The van der Waals surface area contributed by atoms with Crippen molar-refractivity contribution < 1.29 is 19.8 Å². The van der Waals surface area contributed by atoms with Gasteiger partial charge in [-0.15, -0.1) is 0 Å². The molecule has 0 aliphatic carbocycles. The van der Waals surface area contributed by atoms with Crippen LogP contribution in [0.15, 0.2) is 0 Å². The average Bonchev–Trinajstić information content (AvgIpc) is 2.62. The van der Waals surface area contributed by atoms with Crippen LogP contribution >= 0.6 is 0 Å². The van der Waals surface area contributed by atoms with Crippen molar-refractivity contribution in [1.82, 2.24) is 21.3 Å². The number of carboxylic acids is 2. The van der Waals surface area contributed by atoms with Gasteiger partial charge >= 0.3 is 11.9 Å². The molecule has 0 atom stereocenters. The highest BCUT2D eigenvalue weighted by molar-refractivity contribution is 5.66. The van der Waals surface area contributed by atoms with E-state index in [4.69, 9.17) is 10.2 Å². The zero-order valence-corrected chi connectivity index (χ0v) is 16.7. The fraction of sp³-hybridized carbons (Fsp3) is 0.895. The molecule has 0 heterocycles. The largest absolute Gasteiger partial charge is 0.481 e. The average molecular weight is 389 g/mol. The number of carboxylic acid groups (broad SMARTS) is 2. The zero-order chi connectivity index (χ0) is 20.0. The van der Waals surface area contributed by atoms with Gasteiger partial charge in [-0.3, -0.25) is 9.59 Å². The second-order valence-electron chi connectivity index (χ2n) is 6.76. The Balaban J connectivity index is 3.01. The lowest BCUT2D eigenvalue weighted by Crippen LogP contribution is -2.29. The number of hydrogen-bond donors (Lipinski definition) is 6. The molecule has 0 unspecified atom stereocenters. The maximum Gasteiger partial charge on any atom is 0.303 e. The Morgan fingerprint density at radius 3 is 1.07 bits per heavy atom. The van der Waals surface area contributed by atoms with E-state index >= 15 is 0 Å². The van der Waals surface area contributed by atoms with Gasteiger partial charge in [-0.05, 0) is 51.9 Å². The molecule has 6 N–H and O–H groups in total. The summed E-state index contributed by atoms with van der Waals surface area (Å²) in [5.74, 6) is -1.46. The molecule has 0 radical (unpaired) electrons. The molecular formula is C19H40N4O4. The van der Waals surface area contributed by atoms with Crippen molar-refractivity contribution in [2.75, 3.05) is 52.4 Å². The first-order chi connectivity index (χ1) is 13.1. The Morgan fingerprint density at radius 2 is 0.741 bits per heavy atom. The predicted octanol–water partition coefficient (Wildman–Crippen LogP) is 1.02. The summed E-state index contributed by atoms with van der Waals surface area (Å²) >= 11 is 0. The monoisotopic (exact) mass is 388 g/mol. The van der Waals surface area contributed by atoms with E-state index in [1.54, 1.807) is 0 Å². The summed E-state index contributed by atoms with van der Waals surface area (Å²) in [6.07, 6.45) is 8.03. The first kappa shape index (κ1) is 25.8.